The number of hydrogen-bond acceptors (Lipinski definition) is 3. The zero-order valence-electron chi connectivity index (χ0n) is 11.5. The molecule has 0 heterocycles. The summed E-state index contributed by atoms with van der Waals surface area (Å²) in [5.74, 6) is 0.822. The van der Waals surface area contributed by atoms with Crippen LogP contribution in [0.2, 0.25) is 0 Å². The standard InChI is InChI=1S/C15H21BrO3/c1-18-14-5-4-12(16)8-11(14)9-13(17)10-15(19-2)6-3-7-15/h4-5,8,13,17H,3,6-7,9-10H2,1-2H3. The van der Waals surface area contributed by atoms with E-state index < -0.39 is 6.10 Å². The molecule has 1 aliphatic rings. The molecule has 1 unspecified atom stereocenters. The highest BCUT2D eigenvalue weighted by Gasteiger charge is 2.38. The van der Waals surface area contributed by atoms with Gasteiger partial charge in [0.2, 0.25) is 0 Å². The fourth-order valence-electron chi connectivity index (χ4n) is 2.72. The van der Waals surface area contributed by atoms with Gasteiger partial charge in [-0.05, 0) is 43.0 Å². The first-order valence-corrected chi connectivity index (χ1v) is 7.43. The molecule has 1 aromatic carbocycles. The largest absolute Gasteiger partial charge is 0.496 e. The van der Waals surface area contributed by atoms with Crippen molar-refractivity contribution in [2.75, 3.05) is 14.2 Å². The second-order valence-corrected chi connectivity index (χ2v) is 6.17. The van der Waals surface area contributed by atoms with Gasteiger partial charge in [-0.15, -0.1) is 0 Å². The van der Waals surface area contributed by atoms with Crippen molar-refractivity contribution in [2.45, 2.75) is 43.8 Å². The minimum absolute atomic E-state index is 0.0985. The van der Waals surface area contributed by atoms with Crippen LogP contribution in [0.3, 0.4) is 0 Å². The van der Waals surface area contributed by atoms with Crippen LogP contribution in [0.25, 0.3) is 0 Å². The van der Waals surface area contributed by atoms with Crippen molar-refractivity contribution in [2.24, 2.45) is 0 Å². The van der Waals surface area contributed by atoms with Gasteiger partial charge in [-0.1, -0.05) is 15.9 Å². The predicted octanol–water partition coefficient (Wildman–Crippen LogP) is 3.32. The van der Waals surface area contributed by atoms with Gasteiger partial charge in [0.25, 0.3) is 0 Å². The Labute approximate surface area is 123 Å². The van der Waals surface area contributed by atoms with Crippen molar-refractivity contribution >= 4 is 15.9 Å². The van der Waals surface area contributed by atoms with Crippen molar-refractivity contribution in [3.8, 4) is 5.75 Å². The Bertz CT molecular complexity index is 424. The van der Waals surface area contributed by atoms with Gasteiger partial charge in [0.15, 0.2) is 0 Å². The van der Waals surface area contributed by atoms with Gasteiger partial charge < -0.3 is 14.6 Å². The highest BCUT2D eigenvalue weighted by atomic mass is 79.9. The highest BCUT2D eigenvalue weighted by molar-refractivity contribution is 9.10. The van der Waals surface area contributed by atoms with Crippen LogP contribution in [0, 0.1) is 0 Å². The molecule has 0 spiro atoms. The van der Waals surface area contributed by atoms with Gasteiger partial charge in [-0.25, -0.2) is 0 Å². The van der Waals surface area contributed by atoms with Crippen LogP contribution in [0.4, 0.5) is 0 Å². The molecule has 1 N–H and O–H groups in total. The maximum absolute atomic E-state index is 10.3. The molecule has 0 aliphatic heterocycles. The summed E-state index contributed by atoms with van der Waals surface area (Å²) < 4.78 is 11.9. The van der Waals surface area contributed by atoms with Gasteiger partial charge >= 0.3 is 0 Å². The zero-order chi connectivity index (χ0) is 13.9. The van der Waals surface area contributed by atoms with Crippen molar-refractivity contribution in [3.05, 3.63) is 28.2 Å². The molecule has 106 valence electrons. The lowest BCUT2D eigenvalue weighted by Gasteiger charge is -2.41. The Morgan fingerprint density at radius 1 is 1.37 bits per heavy atom. The first-order chi connectivity index (χ1) is 9.08. The van der Waals surface area contributed by atoms with Gasteiger partial charge in [0, 0.05) is 24.4 Å². The van der Waals surface area contributed by atoms with Crippen LogP contribution in [0.5, 0.6) is 5.75 Å². The first-order valence-electron chi connectivity index (χ1n) is 6.64. The van der Waals surface area contributed by atoms with Gasteiger partial charge in [-0.3, -0.25) is 0 Å². The van der Waals surface area contributed by atoms with Gasteiger partial charge in [0.1, 0.15) is 5.75 Å². The third-order valence-corrected chi connectivity index (χ3v) is 4.50. The maximum atomic E-state index is 10.3. The maximum Gasteiger partial charge on any atom is 0.122 e. The second-order valence-electron chi connectivity index (χ2n) is 5.26. The molecule has 0 bridgehead atoms. The Balaban J connectivity index is 2.02. The number of benzene rings is 1. The van der Waals surface area contributed by atoms with Crippen molar-refractivity contribution in [1.82, 2.24) is 0 Å². The van der Waals surface area contributed by atoms with Gasteiger partial charge in [0.05, 0.1) is 18.8 Å². The Morgan fingerprint density at radius 2 is 2.11 bits per heavy atom. The van der Waals surface area contributed by atoms with Crippen LogP contribution < -0.4 is 4.74 Å². The number of aliphatic hydroxyl groups is 1. The van der Waals surface area contributed by atoms with E-state index in [9.17, 15) is 5.11 Å². The quantitative estimate of drug-likeness (QED) is 0.870. The van der Waals surface area contributed by atoms with Gasteiger partial charge in [-0.2, -0.15) is 0 Å². The summed E-state index contributed by atoms with van der Waals surface area (Å²) in [5, 5.41) is 10.3. The molecule has 1 saturated carbocycles. The van der Waals surface area contributed by atoms with E-state index in [0.717, 1.165) is 28.6 Å². The smallest absolute Gasteiger partial charge is 0.122 e. The second kappa shape index (κ2) is 6.25. The Hall–Kier alpha value is -0.580. The van der Waals surface area contributed by atoms with E-state index in [-0.39, 0.29) is 5.60 Å². The van der Waals surface area contributed by atoms with Crippen LogP contribution >= 0.6 is 15.9 Å². The fraction of sp³-hybridized carbons (Fsp3) is 0.600. The number of ether oxygens (including phenoxy) is 2. The molecule has 0 aromatic heterocycles. The molecule has 4 heteroatoms. The lowest BCUT2D eigenvalue weighted by Crippen LogP contribution is -2.42. The average molecular weight is 329 g/mol. The van der Waals surface area contributed by atoms with Crippen LogP contribution in [0.1, 0.15) is 31.2 Å². The number of halogens is 1. The summed E-state index contributed by atoms with van der Waals surface area (Å²) >= 11 is 3.45. The summed E-state index contributed by atoms with van der Waals surface area (Å²) in [7, 11) is 3.40. The third-order valence-electron chi connectivity index (χ3n) is 4.00. The summed E-state index contributed by atoms with van der Waals surface area (Å²) in [6.07, 6.45) is 4.18. The summed E-state index contributed by atoms with van der Waals surface area (Å²) in [4.78, 5) is 0. The normalized spacial score (nSPS) is 18.7. The SMILES string of the molecule is COc1ccc(Br)cc1CC(O)CC1(OC)CCC1. The molecule has 19 heavy (non-hydrogen) atoms. The number of methoxy groups -OCH3 is 2. The van der Waals surface area contributed by atoms with Crippen molar-refractivity contribution < 1.29 is 14.6 Å². The van der Waals surface area contributed by atoms with Crippen LogP contribution in [-0.4, -0.2) is 31.0 Å². The summed E-state index contributed by atoms with van der Waals surface area (Å²) in [6.45, 7) is 0. The van der Waals surface area contributed by atoms with E-state index in [2.05, 4.69) is 15.9 Å². The minimum Gasteiger partial charge on any atom is -0.496 e. The Morgan fingerprint density at radius 3 is 2.63 bits per heavy atom. The van der Waals surface area contributed by atoms with Crippen molar-refractivity contribution in [3.63, 3.8) is 0 Å². The van der Waals surface area contributed by atoms with E-state index in [1.807, 2.05) is 18.2 Å². The van der Waals surface area contributed by atoms with E-state index >= 15 is 0 Å². The molecule has 3 nitrogen and oxygen atoms in total. The van der Waals surface area contributed by atoms with Crippen LogP contribution in [-0.2, 0) is 11.2 Å². The third kappa shape index (κ3) is 3.50. The number of aliphatic hydroxyl groups excluding tert-OH is 1. The lowest BCUT2D eigenvalue weighted by atomic mass is 9.75. The molecule has 0 saturated heterocycles. The lowest BCUT2D eigenvalue weighted by molar-refractivity contribution is -0.0989. The predicted molar refractivity (Wildman–Crippen MR) is 78.6 cm³/mol. The first kappa shape index (κ1) is 14.8. The summed E-state index contributed by atoms with van der Waals surface area (Å²) in [5.41, 5.74) is 0.925. The molecule has 0 amide bonds. The molecule has 1 aliphatic carbocycles. The topological polar surface area (TPSA) is 38.7 Å². The fourth-order valence-corrected chi connectivity index (χ4v) is 3.13. The molecule has 1 atom stereocenters. The number of rotatable bonds is 6. The molecule has 1 aromatic rings. The molecule has 1 fully saturated rings. The molecule has 2 rings (SSSR count). The average Bonchev–Trinajstić information content (AvgIpc) is 2.34. The molecule has 0 radical (unpaired) electrons. The van der Waals surface area contributed by atoms with E-state index in [1.165, 1.54) is 6.42 Å². The minimum atomic E-state index is -0.400. The highest BCUT2D eigenvalue weighted by Crippen LogP contribution is 2.39. The van der Waals surface area contributed by atoms with E-state index in [1.54, 1.807) is 14.2 Å². The van der Waals surface area contributed by atoms with E-state index in [0.29, 0.717) is 12.8 Å². The van der Waals surface area contributed by atoms with E-state index in [4.69, 9.17) is 9.47 Å². The zero-order valence-corrected chi connectivity index (χ0v) is 13.1. The van der Waals surface area contributed by atoms with Crippen LogP contribution in [0.15, 0.2) is 22.7 Å². The Kier molecular flexibility index (Phi) is 4.87. The molecular formula is C15H21BrO3. The monoisotopic (exact) mass is 328 g/mol. The number of hydrogen-bond donors (Lipinski definition) is 1. The van der Waals surface area contributed by atoms with Crippen molar-refractivity contribution in [1.29, 1.82) is 0 Å². The molecular weight excluding hydrogens is 308 g/mol. The summed E-state index contributed by atoms with van der Waals surface area (Å²) in [6, 6.07) is 5.86.